The lowest BCUT2D eigenvalue weighted by atomic mass is 10.1. The number of ether oxygens (including phenoxy) is 1. The van der Waals surface area contributed by atoms with Crippen molar-refractivity contribution in [2.45, 2.75) is 0 Å². The Morgan fingerprint density at radius 1 is 0.905 bits per heavy atom. The van der Waals surface area contributed by atoms with Crippen molar-refractivity contribution in [2.75, 3.05) is 0 Å². The molecule has 0 radical (unpaired) electrons. The molecule has 0 fully saturated rings. The number of hydrogen-bond acceptors (Lipinski definition) is 2. The number of hydrogen-bond donors (Lipinski definition) is 1. The second kappa shape index (κ2) is 5.72. The minimum absolute atomic E-state index is 0.374. The number of thiocarbonyl (C=S) groups is 1. The maximum absolute atomic E-state index is 6.20. The van der Waals surface area contributed by atoms with Crippen LogP contribution in [0.25, 0.3) is 10.8 Å². The summed E-state index contributed by atoms with van der Waals surface area (Å²) in [6.45, 7) is 0. The molecule has 3 aromatic rings. The molecule has 2 N–H and O–H groups in total. The lowest BCUT2D eigenvalue weighted by molar-refractivity contribution is 0.488. The molecule has 0 amide bonds. The molecule has 0 aliphatic carbocycles. The molecule has 0 saturated heterocycles. The predicted molar refractivity (Wildman–Crippen MR) is 91.4 cm³/mol. The standard InChI is InChI=1S/C17H12ClNOS/c18-15-9-10-16(14-4-2-1-3-13(14)15)20-12-7-5-11(6-8-12)17(19)21/h1-10H,(H2,19,21). The summed E-state index contributed by atoms with van der Waals surface area (Å²) in [5, 5.41) is 2.65. The third-order valence-corrected chi connectivity index (χ3v) is 3.76. The molecule has 3 aromatic carbocycles. The molecule has 0 atom stereocenters. The topological polar surface area (TPSA) is 35.2 Å². The van der Waals surface area contributed by atoms with E-state index in [1.54, 1.807) is 0 Å². The number of halogens is 1. The van der Waals surface area contributed by atoms with Gasteiger partial charge in [-0.1, -0.05) is 48.1 Å². The van der Waals surface area contributed by atoms with E-state index in [2.05, 4.69) is 0 Å². The van der Waals surface area contributed by atoms with Gasteiger partial charge in [-0.05, 0) is 36.4 Å². The van der Waals surface area contributed by atoms with Crippen molar-refractivity contribution in [3.05, 3.63) is 71.2 Å². The van der Waals surface area contributed by atoms with Crippen LogP contribution in [0.15, 0.2) is 60.7 Å². The monoisotopic (exact) mass is 313 g/mol. The molecule has 0 heterocycles. The minimum atomic E-state index is 0.374. The molecule has 2 nitrogen and oxygen atoms in total. The van der Waals surface area contributed by atoms with Crippen LogP contribution in [0, 0.1) is 0 Å². The number of rotatable bonds is 3. The first-order valence-electron chi connectivity index (χ1n) is 6.40. The van der Waals surface area contributed by atoms with Crippen molar-refractivity contribution in [3.8, 4) is 11.5 Å². The number of nitrogens with two attached hydrogens (primary N) is 1. The Hall–Kier alpha value is -2.10. The fraction of sp³-hybridized carbons (Fsp3) is 0. The Bertz CT molecular complexity index is 815. The Morgan fingerprint density at radius 2 is 1.57 bits per heavy atom. The van der Waals surface area contributed by atoms with E-state index in [-0.39, 0.29) is 0 Å². The number of benzene rings is 3. The Morgan fingerprint density at radius 3 is 2.24 bits per heavy atom. The average molecular weight is 314 g/mol. The summed E-state index contributed by atoms with van der Waals surface area (Å²) in [5.41, 5.74) is 6.40. The van der Waals surface area contributed by atoms with Gasteiger partial charge in [0.15, 0.2) is 0 Å². The zero-order valence-electron chi connectivity index (χ0n) is 11.0. The van der Waals surface area contributed by atoms with Crippen LogP contribution in [0.5, 0.6) is 11.5 Å². The highest BCUT2D eigenvalue weighted by Gasteiger charge is 2.06. The van der Waals surface area contributed by atoms with Gasteiger partial charge < -0.3 is 10.5 Å². The van der Waals surface area contributed by atoms with Crippen molar-refractivity contribution in [2.24, 2.45) is 5.73 Å². The molecule has 21 heavy (non-hydrogen) atoms. The van der Waals surface area contributed by atoms with Crippen LogP contribution in [0.4, 0.5) is 0 Å². The highest BCUT2D eigenvalue weighted by Crippen LogP contribution is 2.34. The van der Waals surface area contributed by atoms with Crippen LogP contribution in [0.3, 0.4) is 0 Å². The van der Waals surface area contributed by atoms with Crippen LogP contribution >= 0.6 is 23.8 Å². The summed E-state index contributed by atoms with van der Waals surface area (Å²) in [6.07, 6.45) is 0. The molecule has 4 heteroatoms. The Labute approximate surface area is 133 Å². The molecular formula is C17H12ClNOS. The Balaban J connectivity index is 1.98. The summed E-state index contributed by atoms with van der Waals surface area (Å²) in [6, 6.07) is 19.0. The zero-order chi connectivity index (χ0) is 14.8. The van der Waals surface area contributed by atoms with Gasteiger partial charge >= 0.3 is 0 Å². The van der Waals surface area contributed by atoms with E-state index in [1.807, 2.05) is 60.7 Å². The lowest BCUT2D eigenvalue weighted by Crippen LogP contribution is -2.08. The number of fused-ring (bicyclic) bond motifs is 1. The van der Waals surface area contributed by atoms with E-state index in [4.69, 9.17) is 34.3 Å². The van der Waals surface area contributed by atoms with E-state index in [1.165, 1.54) is 0 Å². The van der Waals surface area contributed by atoms with Crippen LogP contribution in [0.1, 0.15) is 5.56 Å². The smallest absolute Gasteiger partial charge is 0.135 e. The maximum Gasteiger partial charge on any atom is 0.135 e. The quantitative estimate of drug-likeness (QED) is 0.697. The fourth-order valence-corrected chi connectivity index (χ4v) is 2.50. The molecule has 0 saturated carbocycles. The molecule has 0 spiro atoms. The summed E-state index contributed by atoms with van der Waals surface area (Å²) >= 11 is 11.1. The molecule has 104 valence electrons. The van der Waals surface area contributed by atoms with Crippen molar-refractivity contribution in [1.29, 1.82) is 0 Å². The van der Waals surface area contributed by atoms with Crippen LogP contribution in [-0.4, -0.2) is 4.99 Å². The van der Waals surface area contributed by atoms with Gasteiger partial charge in [-0.15, -0.1) is 0 Å². The normalized spacial score (nSPS) is 10.5. The lowest BCUT2D eigenvalue weighted by Gasteiger charge is -2.10. The van der Waals surface area contributed by atoms with E-state index < -0.39 is 0 Å². The van der Waals surface area contributed by atoms with Crippen molar-refractivity contribution in [1.82, 2.24) is 0 Å². The van der Waals surface area contributed by atoms with E-state index in [9.17, 15) is 0 Å². The molecule has 0 bridgehead atoms. The van der Waals surface area contributed by atoms with Gasteiger partial charge in [-0.3, -0.25) is 0 Å². The highest BCUT2D eigenvalue weighted by molar-refractivity contribution is 7.80. The van der Waals surface area contributed by atoms with Gasteiger partial charge in [0, 0.05) is 21.4 Å². The molecule has 0 aromatic heterocycles. The molecule has 0 aliphatic rings. The first kappa shape index (κ1) is 13.9. The first-order chi connectivity index (χ1) is 10.1. The van der Waals surface area contributed by atoms with Crippen molar-refractivity contribution >= 4 is 39.6 Å². The third kappa shape index (κ3) is 2.84. The van der Waals surface area contributed by atoms with Gasteiger partial charge in [0.1, 0.15) is 16.5 Å². The summed E-state index contributed by atoms with van der Waals surface area (Å²) in [7, 11) is 0. The van der Waals surface area contributed by atoms with Gasteiger partial charge in [0.25, 0.3) is 0 Å². The van der Waals surface area contributed by atoms with Crippen molar-refractivity contribution < 1.29 is 4.74 Å². The molecule has 0 aliphatic heterocycles. The third-order valence-electron chi connectivity index (χ3n) is 3.20. The fourth-order valence-electron chi connectivity index (χ4n) is 2.14. The predicted octanol–water partition coefficient (Wildman–Crippen LogP) is 4.92. The first-order valence-corrected chi connectivity index (χ1v) is 7.19. The second-order valence-electron chi connectivity index (χ2n) is 4.58. The van der Waals surface area contributed by atoms with Crippen LogP contribution in [0.2, 0.25) is 5.02 Å². The van der Waals surface area contributed by atoms with Gasteiger partial charge in [0.2, 0.25) is 0 Å². The van der Waals surface area contributed by atoms with Gasteiger partial charge in [0.05, 0.1) is 0 Å². The summed E-state index contributed by atoms with van der Waals surface area (Å²) < 4.78 is 5.94. The second-order valence-corrected chi connectivity index (χ2v) is 5.43. The summed E-state index contributed by atoms with van der Waals surface area (Å²) in [5.74, 6) is 1.49. The SMILES string of the molecule is NC(=S)c1ccc(Oc2ccc(Cl)c3ccccc23)cc1. The highest BCUT2D eigenvalue weighted by atomic mass is 35.5. The minimum Gasteiger partial charge on any atom is -0.457 e. The van der Waals surface area contributed by atoms with Crippen LogP contribution < -0.4 is 10.5 Å². The van der Waals surface area contributed by atoms with E-state index in [0.717, 1.165) is 27.8 Å². The van der Waals surface area contributed by atoms with Crippen molar-refractivity contribution in [3.63, 3.8) is 0 Å². The van der Waals surface area contributed by atoms with E-state index in [0.29, 0.717) is 10.0 Å². The average Bonchev–Trinajstić information content (AvgIpc) is 2.51. The van der Waals surface area contributed by atoms with E-state index >= 15 is 0 Å². The zero-order valence-corrected chi connectivity index (χ0v) is 12.6. The molecular weight excluding hydrogens is 302 g/mol. The maximum atomic E-state index is 6.20. The van der Waals surface area contributed by atoms with Crippen LogP contribution in [-0.2, 0) is 0 Å². The molecule has 3 rings (SSSR count). The Kier molecular flexibility index (Phi) is 3.78. The summed E-state index contributed by atoms with van der Waals surface area (Å²) in [4.78, 5) is 0.374. The largest absolute Gasteiger partial charge is 0.457 e. The van der Waals surface area contributed by atoms with Gasteiger partial charge in [-0.25, -0.2) is 0 Å². The molecule has 0 unspecified atom stereocenters. The van der Waals surface area contributed by atoms with Gasteiger partial charge in [-0.2, -0.15) is 0 Å².